The highest BCUT2D eigenvalue weighted by Crippen LogP contribution is 2.33. The Bertz CT molecular complexity index is 558. The van der Waals surface area contributed by atoms with Crippen molar-refractivity contribution in [2.45, 2.75) is 12.5 Å². The standard InChI is InChI=1S/C13H13FN2O2/c1-13(17,9-6-10(14)8-15-7-9)12-11(18-2)4-3-5-16-12/h3-8,17H,1-2H3. The van der Waals surface area contributed by atoms with Crippen LogP contribution in [-0.2, 0) is 5.60 Å². The maximum absolute atomic E-state index is 13.2. The highest BCUT2D eigenvalue weighted by atomic mass is 19.1. The normalized spacial score (nSPS) is 14.0. The Morgan fingerprint density at radius 2 is 2.17 bits per heavy atom. The van der Waals surface area contributed by atoms with E-state index < -0.39 is 11.4 Å². The van der Waals surface area contributed by atoms with E-state index in [-0.39, 0.29) is 0 Å². The summed E-state index contributed by atoms with van der Waals surface area (Å²) in [6.07, 6.45) is 4.02. The van der Waals surface area contributed by atoms with E-state index in [0.717, 1.165) is 6.20 Å². The molecule has 0 spiro atoms. The van der Waals surface area contributed by atoms with Crippen LogP contribution in [0.5, 0.6) is 5.75 Å². The van der Waals surface area contributed by atoms with Crippen molar-refractivity contribution in [2.24, 2.45) is 0 Å². The van der Waals surface area contributed by atoms with Crippen molar-refractivity contribution in [3.8, 4) is 5.75 Å². The van der Waals surface area contributed by atoms with Crippen LogP contribution in [0.4, 0.5) is 4.39 Å². The predicted octanol–water partition coefficient (Wildman–Crippen LogP) is 1.88. The van der Waals surface area contributed by atoms with Gasteiger partial charge in [-0.25, -0.2) is 4.39 Å². The summed E-state index contributed by atoms with van der Waals surface area (Å²) in [6, 6.07) is 4.60. The predicted molar refractivity (Wildman–Crippen MR) is 63.7 cm³/mol. The third kappa shape index (κ3) is 2.17. The van der Waals surface area contributed by atoms with Crippen LogP contribution in [0.1, 0.15) is 18.2 Å². The van der Waals surface area contributed by atoms with Crippen molar-refractivity contribution in [2.75, 3.05) is 7.11 Å². The number of rotatable bonds is 3. The number of aromatic nitrogens is 2. The molecule has 0 saturated carbocycles. The molecule has 0 saturated heterocycles. The van der Waals surface area contributed by atoms with Crippen LogP contribution in [-0.4, -0.2) is 22.2 Å². The van der Waals surface area contributed by atoms with Gasteiger partial charge in [-0.2, -0.15) is 0 Å². The van der Waals surface area contributed by atoms with Crippen LogP contribution < -0.4 is 4.74 Å². The van der Waals surface area contributed by atoms with Gasteiger partial charge in [-0.3, -0.25) is 9.97 Å². The molecule has 2 rings (SSSR count). The molecule has 0 aliphatic heterocycles. The van der Waals surface area contributed by atoms with E-state index in [0.29, 0.717) is 17.0 Å². The summed E-state index contributed by atoms with van der Waals surface area (Å²) in [5.74, 6) is -0.0746. The number of ether oxygens (including phenoxy) is 1. The third-order valence-corrected chi connectivity index (χ3v) is 2.72. The average molecular weight is 248 g/mol. The lowest BCUT2D eigenvalue weighted by Gasteiger charge is -2.24. The lowest BCUT2D eigenvalue weighted by molar-refractivity contribution is 0.0931. The Kier molecular flexibility index (Phi) is 3.25. The first-order valence-corrected chi connectivity index (χ1v) is 5.38. The molecule has 4 nitrogen and oxygen atoms in total. The minimum atomic E-state index is -1.47. The summed E-state index contributed by atoms with van der Waals surface area (Å²) in [6.45, 7) is 1.52. The quantitative estimate of drug-likeness (QED) is 0.901. The van der Waals surface area contributed by atoms with Crippen LogP contribution in [0.15, 0.2) is 36.8 Å². The summed E-state index contributed by atoms with van der Waals surface area (Å²) in [7, 11) is 1.49. The van der Waals surface area contributed by atoms with Crippen molar-refractivity contribution < 1.29 is 14.2 Å². The zero-order valence-corrected chi connectivity index (χ0v) is 10.1. The van der Waals surface area contributed by atoms with E-state index in [1.807, 2.05) is 0 Å². The molecule has 1 atom stereocenters. The van der Waals surface area contributed by atoms with Crippen molar-refractivity contribution >= 4 is 0 Å². The number of nitrogens with zero attached hydrogens (tertiary/aromatic N) is 2. The van der Waals surface area contributed by atoms with Gasteiger partial charge in [-0.1, -0.05) is 0 Å². The van der Waals surface area contributed by atoms with Gasteiger partial charge in [-0.15, -0.1) is 0 Å². The van der Waals surface area contributed by atoms with Gasteiger partial charge in [0.15, 0.2) is 0 Å². The van der Waals surface area contributed by atoms with Crippen LogP contribution >= 0.6 is 0 Å². The molecule has 0 bridgehead atoms. The molecular weight excluding hydrogens is 235 g/mol. The number of halogens is 1. The highest BCUT2D eigenvalue weighted by molar-refractivity contribution is 5.38. The van der Waals surface area contributed by atoms with Gasteiger partial charge in [0.2, 0.25) is 0 Å². The molecule has 0 amide bonds. The molecule has 0 aromatic carbocycles. The molecule has 94 valence electrons. The number of pyridine rings is 2. The summed E-state index contributed by atoms with van der Waals surface area (Å²) >= 11 is 0. The topological polar surface area (TPSA) is 55.2 Å². The average Bonchev–Trinajstić information content (AvgIpc) is 2.38. The molecular formula is C13H13FN2O2. The maximum Gasteiger partial charge on any atom is 0.143 e. The van der Waals surface area contributed by atoms with E-state index in [2.05, 4.69) is 9.97 Å². The monoisotopic (exact) mass is 248 g/mol. The second kappa shape index (κ2) is 4.70. The lowest BCUT2D eigenvalue weighted by atomic mass is 9.93. The van der Waals surface area contributed by atoms with Gasteiger partial charge in [0.1, 0.15) is 22.9 Å². The highest BCUT2D eigenvalue weighted by Gasteiger charge is 2.31. The second-order valence-corrected chi connectivity index (χ2v) is 4.02. The summed E-state index contributed by atoms with van der Waals surface area (Å²) in [4.78, 5) is 7.83. The van der Waals surface area contributed by atoms with Crippen LogP contribution in [0, 0.1) is 5.82 Å². The second-order valence-electron chi connectivity index (χ2n) is 4.02. The number of hydrogen-bond acceptors (Lipinski definition) is 4. The van der Waals surface area contributed by atoms with Gasteiger partial charge >= 0.3 is 0 Å². The Balaban J connectivity index is 2.54. The van der Waals surface area contributed by atoms with Gasteiger partial charge in [0, 0.05) is 18.0 Å². The zero-order chi connectivity index (χ0) is 13.2. The van der Waals surface area contributed by atoms with E-state index in [1.54, 1.807) is 18.3 Å². The van der Waals surface area contributed by atoms with E-state index in [4.69, 9.17) is 4.74 Å². The fourth-order valence-electron chi connectivity index (χ4n) is 1.74. The fourth-order valence-corrected chi connectivity index (χ4v) is 1.74. The SMILES string of the molecule is COc1cccnc1C(C)(O)c1cncc(F)c1. The van der Waals surface area contributed by atoms with E-state index >= 15 is 0 Å². The fraction of sp³-hybridized carbons (Fsp3) is 0.231. The number of aliphatic hydroxyl groups is 1. The first kappa shape index (κ1) is 12.4. The molecule has 0 fully saturated rings. The van der Waals surface area contributed by atoms with Crippen LogP contribution in [0.2, 0.25) is 0 Å². The maximum atomic E-state index is 13.2. The Morgan fingerprint density at radius 1 is 1.39 bits per heavy atom. The zero-order valence-electron chi connectivity index (χ0n) is 10.1. The summed E-state index contributed by atoms with van der Waals surface area (Å²) < 4.78 is 18.3. The Labute approximate surface area is 104 Å². The van der Waals surface area contributed by atoms with Crippen LogP contribution in [0.25, 0.3) is 0 Å². The first-order valence-electron chi connectivity index (χ1n) is 5.38. The van der Waals surface area contributed by atoms with Gasteiger partial charge in [0.05, 0.1) is 13.3 Å². The van der Waals surface area contributed by atoms with Gasteiger partial charge < -0.3 is 9.84 Å². The molecule has 5 heteroatoms. The lowest BCUT2D eigenvalue weighted by Crippen LogP contribution is -2.25. The first-order chi connectivity index (χ1) is 8.55. The Hall–Kier alpha value is -2.01. The minimum Gasteiger partial charge on any atom is -0.495 e. The summed E-state index contributed by atoms with van der Waals surface area (Å²) in [5.41, 5.74) is -0.832. The van der Waals surface area contributed by atoms with Crippen LogP contribution in [0.3, 0.4) is 0 Å². The molecule has 0 radical (unpaired) electrons. The smallest absolute Gasteiger partial charge is 0.143 e. The van der Waals surface area contributed by atoms with Crippen molar-refractivity contribution in [3.63, 3.8) is 0 Å². The molecule has 1 unspecified atom stereocenters. The largest absolute Gasteiger partial charge is 0.495 e. The minimum absolute atomic E-state index is 0.319. The molecule has 0 aliphatic carbocycles. The molecule has 18 heavy (non-hydrogen) atoms. The van der Waals surface area contributed by atoms with Crippen molar-refractivity contribution in [1.29, 1.82) is 0 Å². The third-order valence-electron chi connectivity index (χ3n) is 2.72. The molecule has 0 aliphatic rings. The van der Waals surface area contributed by atoms with E-state index in [1.165, 1.54) is 26.3 Å². The van der Waals surface area contributed by atoms with Crippen molar-refractivity contribution in [3.05, 3.63) is 53.9 Å². The molecule has 1 N–H and O–H groups in total. The summed E-state index contributed by atoms with van der Waals surface area (Å²) in [5, 5.41) is 10.5. The molecule has 2 heterocycles. The number of methoxy groups -OCH3 is 1. The molecule has 2 aromatic heterocycles. The van der Waals surface area contributed by atoms with Crippen molar-refractivity contribution in [1.82, 2.24) is 9.97 Å². The van der Waals surface area contributed by atoms with E-state index in [9.17, 15) is 9.50 Å². The number of hydrogen-bond donors (Lipinski definition) is 1. The molecule has 2 aromatic rings. The Morgan fingerprint density at radius 3 is 2.83 bits per heavy atom. The van der Waals surface area contributed by atoms with Gasteiger partial charge in [0.25, 0.3) is 0 Å². The van der Waals surface area contributed by atoms with Gasteiger partial charge in [-0.05, 0) is 25.1 Å².